The summed E-state index contributed by atoms with van der Waals surface area (Å²) in [5.41, 5.74) is 2.13. The van der Waals surface area contributed by atoms with Crippen LogP contribution in [-0.4, -0.2) is 10.2 Å². The molecule has 0 aliphatic heterocycles. The van der Waals surface area contributed by atoms with Gasteiger partial charge in [0.1, 0.15) is 17.3 Å². The molecule has 3 nitrogen and oxygen atoms in total. The van der Waals surface area contributed by atoms with Gasteiger partial charge in [0.15, 0.2) is 0 Å². The minimum atomic E-state index is -0.471. The lowest BCUT2D eigenvalue weighted by molar-refractivity contribution is 0.459. The molecular weight excluding hydrogens is 245 g/mol. The van der Waals surface area contributed by atoms with Crippen LogP contribution in [0.15, 0.2) is 36.4 Å². The molecule has 0 heterocycles. The van der Waals surface area contributed by atoms with Gasteiger partial charge < -0.3 is 15.5 Å². The zero-order valence-corrected chi connectivity index (χ0v) is 10.8. The second-order valence-corrected chi connectivity index (χ2v) is 4.57. The first-order valence-corrected chi connectivity index (χ1v) is 6.02. The number of halogens is 1. The summed E-state index contributed by atoms with van der Waals surface area (Å²) in [6.07, 6.45) is 0. The van der Waals surface area contributed by atoms with E-state index >= 15 is 0 Å². The van der Waals surface area contributed by atoms with Crippen LogP contribution in [0.1, 0.15) is 24.1 Å². The highest BCUT2D eigenvalue weighted by Gasteiger charge is 2.11. The average Bonchev–Trinajstić information content (AvgIpc) is 2.33. The highest BCUT2D eigenvalue weighted by Crippen LogP contribution is 2.29. The van der Waals surface area contributed by atoms with Crippen molar-refractivity contribution in [2.24, 2.45) is 0 Å². The number of phenolic OH excluding ortho intramolecular Hbond substituents is 2. The molecule has 0 radical (unpaired) electrons. The van der Waals surface area contributed by atoms with Gasteiger partial charge in [-0.3, -0.25) is 0 Å². The van der Waals surface area contributed by atoms with E-state index in [9.17, 15) is 14.6 Å². The first kappa shape index (κ1) is 13.2. The van der Waals surface area contributed by atoms with E-state index in [2.05, 4.69) is 5.32 Å². The van der Waals surface area contributed by atoms with Gasteiger partial charge >= 0.3 is 0 Å². The summed E-state index contributed by atoms with van der Waals surface area (Å²) >= 11 is 0. The van der Waals surface area contributed by atoms with Crippen LogP contribution in [0, 0.1) is 12.7 Å². The van der Waals surface area contributed by atoms with Gasteiger partial charge in [-0.25, -0.2) is 4.39 Å². The third-order valence-corrected chi connectivity index (χ3v) is 3.05. The van der Waals surface area contributed by atoms with E-state index in [-0.39, 0.29) is 17.5 Å². The maximum atomic E-state index is 12.9. The second-order valence-electron chi connectivity index (χ2n) is 4.57. The molecule has 0 spiro atoms. The van der Waals surface area contributed by atoms with Gasteiger partial charge in [-0.05, 0) is 31.5 Å². The lowest BCUT2D eigenvalue weighted by Crippen LogP contribution is -2.07. The molecule has 1 atom stereocenters. The normalized spacial score (nSPS) is 12.2. The quantitative estimate of drug-likeness (QED) is 0.789. The molecule has 19 heavy (non-hydrogen) atoms. The number of phenols is 2. The summed E-state index contributed by atoms with van der Waals surface area (Å²) < 4.78 is 12.9. The molecule has 0 aliphatic carbocycles. The Morgan fingerprint density at radius 2 is 1.79 bits per heavy atom. The minimum Gasteiger partial charge on any atom is -0.508 e. The molecule has 3 N–H and O–H groups in total. The van der Waals surface area contributed by atoms with Crippen LogP contribution in [-0.2, 0) is 0 Å². The van der Waals surface area contributed by atoms with Crippen LogP contribution in [0.2, 0.25) is 0 Å². The number of nitrogens with one attached hydrogen (secondary N) is 1. The first-order valence-electron chi connectivity index (χ1n) is 6.02. The molecule has 4 heteroatoms. The number of hydrogen-bond donors (Lipinski definition) is 3. The summed E-state index contributed by atoms with van der Waals surface area (Å²) in [7, 11) is 0. The van der Waals surface area contributed by atoms with E-state index < -0.39 is 5.82 Å². The smallest absolute Gasteiger partial charge is 0.126 e. The molecule has 2 rings (SSSR count). The van der Waals surface area contributed by atoms with Crippen LogP contribution in [0.25, 0.3) is 0 Å². The Kier molecular flexibility index (Phi) is 3.60. The van der Waals surface area contributed by atoms with Crippen molar-refractivity contribution in [2.45, 2.75) is 19.9 Å². The fourth-order valence-corrected chi connectivity index (χ4v) is 1.91. The Balaban J connectivity index is 2.20. The summed E-state index contributed by atoms with van der Waals surface area (Å²) in [6, 6.07) is 8.98. The maximum absolute atomic E-state index is 12.9. The van der Waals surface area contributed by atoms with Crippen LogP contribution in [0.5, 0.6) is 11.5 Å². The average molecular weight is 261 g/mol. The highest BCUT2D eigenvalue weighted by atomic mass is 19.1. The third kappa shape index (κ3) is 2.96. The zero-order valence-electron chi connectivity index (χ0n) is 10.8. The fourth-order valence-electron chi connectivity index (χ4n) is 1.91. The highest BCUT2D eigenvalue weighted by molar-refractivity contribution is 5.53. The number of aryl methyl sites for hydroxylation is 1. The minimum absolute atomic E-state index is 0.0867. The number of benzene rings is 2. The van der Waals surface area contributed by atoms with Gasteiger partial charge in [0.2, 0.25) is 0 Å². The maximum Gasteiger partial charge on any atom is 0.126 e. The molecule has 2 aromatic rings. The number of rotatable bonds is 3. The standard InChI is InChI=1S/C15H16FNO2/c1-9-3-5-12(8-14(9)18)17-10(2)13-6-4-11(16)7-15(13)19/h3-8,10,17-19H,1-2H3. The van der Waals surface area contributed by atoms with Gasteiger partial charge in [-0.1, -0.05) is 12.1 Å². The molecule has 0 saturated carbocycles. The van der Waals surface area contributed by atoms with E-state index in [0.717, 1.165) is 17.3 Å². The Morgan fingerprint density at radius 1 is 1.05 bits per heavy atom. The zero-order chi connectivity index (χ0) is 14.0. The van der Waals surface area contributed by atoms with Crippen molar-refractivity contribution in [3.05, 3.63) is 53.3 Å². The molecule has 0 amide bonds. The SMILES string of the molecule is Cc1ccc(NC(C)c2ccc(F)cc2O)cc1O. The Morgan fingerprint density at radius 3 is 2.42 bits per heavy atom. The Labute approximate surface area is 111 Å². The number of aromatic hydroxyl groups is 2. The summed E-state index contributed by atoms with van der Waals surface area (Å²) in [6.45, 7) is 3.66. The van der Waals surface area contributed by atoms with Crippen LogP contribution >= 0.6 is 0 Å². The van der Waals surface area contributed by atoms with E-state index in [0.29, 0.717) is 5.56 Å². The lowest BCUT2D eigenvalue weighted by atomic mass is 10.1. The first-order chi connectivity index (χ1) is 8.97. The molecule has 2 aromatic carbocycles. The van der Waals surface area contributed by atoms with Gasteiger partial charge in [-0.15, -0.1) is 0 Å². The van der Waals surface area contributed by atoms with Crippen molar-refractivity contribution in [3.63, 3.8) is 0 Å². The molecule has 0 fully saturated rings. The van der Waals surface area contributed by atoms with Crippen LogP contribution < -0.4 is 5.32 Å². The monoisotopic (exact) mass is 261 g/mol. The van der Waals surface area contributed by atoms with Crippen molar-refractivity contribution in [2.75, 3.05) is 5.32 Å². The summed E-state index contributed by atoms with van der Waals surface area (Å²) in [5.74, 6) is -0.349. The number of hydrogen-bond acceptors (Lipinski definition) is 3. The predicted molar refractivity (Wildman–Crippen MR) is 72.9 cm³/mol. The van der Waals surface area contributed by atoms with Gasteiger partial charge in [0, 0.05) is 23.4 Å². The summed E-state index contributed by atoms with van der Waals surface area (Å²) in [4.78, 5) is 0. The van der Waals surface area contributed by atoms with E-state index in [1.54, 1.807) is 12.1 Å². The van der Waals surface area contributed by atoms with E-state index in [4.69, 9.17) is 0 Å². The van der Waals surface area contributed by atoms with Gasteiger partial charge in [-0.2, -0.15) is 0 Å². The van der Waals surface area contributed by atoms with Gasteiger partial charge in [0.05, 0.1) is 6.04 Å². The third-order valence-electron chi connectivity index (χ3n) is 3.05. The van der Waals surface area contributed by atoms with E-state index in [1.807, 2.05) is 19.9 Å². The van der Waals surface area contributed by atoms with Crippen molar-refractivity contribution in [3.8, 4) is 11.5 Å². The summed E-state index contributed by atoms with van der Waals surface area (Å²) in [5, 5.41) is 22.5. The van der Waals surface area contributed by atoms with Crippen molar-refractivity contribution >= 4 is 5.69 Å². The largest absolute Gasteiger partial charge is 0.508 e. The molecular formula is C15H16FNO2. The molecule has 1 unspecified atom stereocenters. The lowest BCUT2D eigenvalue weighted by Gasteiger charge is -2.17. The van der Waals surface area contributed by atoms with Crippen LogP contribution in [0.4, 0.5) is 10.1 Å². The predicted octanol–water partition coefficient (Wildman–Crippen LogP) is 3.72. The Bertz CT molecular complexity index is 599. The molecule has 0 aliphatic rings. The second kappa shape index (κ2) is 5.18. The fraction of sp³-hybridized carbons (Fsp3) is 0.200. The van der Waals surface area contributed by atoms with Crippen molar-refractivity contribution < 1.29 is 14.6 Å². The molecule has 0 aromatic heterocycles. The topological polar surface area (TPSA) is 52.5 Å². The molecule has 0 bridgehead atoms. The van der Waals surface area contributed by atoms with Crippen molar-refractivity contribution in [1.82, 2.24) is 0 Å². The van der Waals surface area contributed by atoms with Gasteiger partial charge in [0.25, 0.3) is 0 Å². The molecule has 0 saturated heterocycles. The van der Waals surface area contributed by atoms with Crippen molar-refractivity contribution in [1.29, 1.82) is 0 Å². The van der Waals surface area contributed by atoms with E-state index in [1.165, 1.54) is 12.1 Å². The van der Waals surface area contributed by atoms with Crippen LogP contribution in [0.3, 0.4) is 0 Å². The Hall–Kier alpha value is -2.23. The molecule has 100 valence electrons. The number of anilines is 1.